The Morgan fingerprint density at radius 1 is 1.17 bits per heavy atom. The Bertz CT molecular complexity index is 921. The molecule has 1 unspecified atom stereocenters. The number of hydrogen-bond acceptors (Lipinski definition) is 5. The number of β-amino-alcohol motifs (C(OH)–C–C–N with tert-alkyl or cyclic N) is 1. The number of nitrogens with zero attached hydrogens (tertiary/aromatic N) is 2. The Morgan fingerprint density at radius 2 is 1.90 bits per heavy atom. The molecule has 2 aromatic rings. The Hall–Kier alpha value is -2.41. The SMILES string of the molecule is COc1ccccc1C1(O)CCN(CC(O)c2ccc3c(c2)CCN3C(C)=O)CC1. The quantitative estimate of drug-likeness (QED) is 0.793. The maximum absolute atomic E-state index is 11.7. The molecule has 2 aromatic carbocycles. The van der Waals surface area contributed by atoms with Gasteiger partial charge in [-0.2, -0.15) is 0 Å². The highest BCUT2D eigenvalue weighted by molar-refractivity contribution is 5.93. The molecule has 0 saturated carbocycles. The normalized spacial score (nSPS) is 19.4. The first-order valence-electron chi connectivity index (χ1n) is 10.6. The van der Waals surface area contributed by atoms with E-state index < -0.39 is 11.7 Å². The topological polar surface area (TPSA) is 73.2 Å². The van der Waals surface area contributed by atoms with Gasteiger partial charge in [-0.1, -0.05) is 30.3 Å². The van der Waals surface area contributed by atoms with Crippen LogP contribution in [-0.4, -0.2) is 54.3 Å². The average Bonchev–Trinajstić information content (AvgIpc) is 3.19. The third kappa shape index (κ3) is 3.95. The maximum atomic E-state index is 11.7. The Kier molecular flexibility index (Phi) is 5.82. The van der Waals surface area contributed by atoms with Gasteiger partial charge >= 0.3 is 0 Å². The predicted molar refractivity (Wildman–Crippen MR) is 116 cm³/mol. The molecule has 4 rings (SSSR count). The molecule has 1 atom stereocenters. The molecule has 6 nitrogen and oxygen atoms in total. The van der Waals surface area contributed by atoms with Crippen LogP contribution in [0.3, 0.4) is 0 Å². The number of rotatable bonds is 5. The number of amides is 1. The van der Waals surface area contributed by atoms with E-state index in [0.717, 1.165) is 28.8 Å². The van der Waals surface area contributed by atoms with Crippen molar-refractivity contribution in [3.05, 3.63) is 59.2 Å². The van der Waals surface area contributed by atoms with Crippen molar-refractivity contribution >= 4 is 11.6 Å². The molecule has 0 bridgehead atoms. The van der Waals surface area contributed by atoms with Gasteiger partial charge in [-0.25, -0.2) is 0 Å². The van der Waals surface area contributed by atoms with Crippen molar-refractivity contribution in [1.82, 2.24) is 4.90 Å². The fourth-order valence-corrected chi connectivity index (χ4v) is 4.71. The van der Waals surface area contributed by atoms with E-state index in [9.17, 15) is 15.0 Å². The van der Waals surface area contributed by atoms with Gasteiger partial charge in [0.15, 0.2) is 0 Å². The Morgan fingerprint density at radius 3 is 2.60 bits per heavy atom. The van der Waals surface area contributed by atoms with Crippen molar-refractivity contribution in [2.24, 2.45) is 0 Å². The number of benzene rings is 2. The van der Waals surface area contributed by atoms with Gasteiger partial charge in [0.1, 0.15) is 5.75 Å². The van der Waals surface area contributed by atoms with Crippen LogP contribution in [0.4, 0.5) is 5.69 Å². The first kappa shape index (κ1) is 20.8. The second-order valence-electron chi connectivity index (χ2n) is 8.36. The lowest BCUT2D eigenvalue weighted by Gasteiger charge is -2.39. The van der Waals surface area contributed by atoms with E-state index >= 15 is 0 Å². The number of fused-ring (bicyclic) bond motifs is 1. The van der Waals surface area contributed by atoms with Crippen LogP contribution in [-0.2, 0) is 16.8 Å². The van der Waals surface area contributed by atoms with Crippen LogP contribution in [0.5, 0.6) is 5.75 Å². The monoisotopic (exact) mass is 410 g/mol. The van der Waals surface area contributed by atoms with Crippen LogP contribution in [0, 0.1) is 0 Å². The molecule has 0 radical (unpaired) electrons. The largest absolute Gasteiger partial charge is 0.496 e. The van der Waals surface area contributed by atoms with E-state index in [1.807, 2.05) is 42.5 Å². The van der Waals surface area contributed by atoms with Crippen LogP contribution in [0.2, 0.25) is 0 Å². The lowest BCUT2D eigenvalue weighted by Crippen LogP contribution is -2.44. The number of aliphatic hydroxyl groups is 2. The first-order chi connectivity index (χ1) is 14.4. The summed E-state index contributed by atoms with van der Waals surface area (Å²) in [6.07, 6.45) is 1.42. The minimum atomic E-state index is -0.905. The lowest BCUT2D eigenvalue weighted by atomic mass is 9.83. The summed E-state index contributed by atoms with van der Waals surface area (Å²) in [5.41, 5.74) is 2.88. The average molecular weight is 411 g/mol. The van der Waals surface area contributed by atoms with Gasteiger partial charge < -0.3 is 24.7 Å². The van der Waals surface area contributed by atoms with Crippen molar-refractivity contribution < 1.29 is 19.7 Å². The molecule has 0 aliphatic carbocycles. The van der Waals surface area contributed by atoms with Crippen LogP contribution < -0.4 is 9.64 Å². The molecule has 1 amide bonds. The zero-order chi connectivity index (χ0) is 21.3. The van der Waals surface area contributed by atoms with Crippen molar-refractivity contribution in [2.45, 2.75) is 37.9 Å². The molecule has 2 aliphatic heterocycles. The highest BCUT2D eigenvalue weighted by Gasteiger charge is 2.36. The predicted octanol–water partition coefficient (Wildman–Crippen LogP) is 2.62. The van der Waals surface area contributed by atoms with Crippen molar-refractivity contribution in [3.8, 4) is 5.75 Å². The highest BCUT2D eigenvalue weighted by atomic mass is 16.5. The van der Waals surface area contributed by atoms with Crippen LogP contribution in [0.25, 0.3) is 0 Å². The molecule has 1 fully saturated rings. The van der Waals surface area contributed by atoms with Crippen LogP contribution >= 0.6 is 0 Å². The fraction of sp³-hybridized carbons (Fsp3) is 0.458. The van der Waals surface area contributed by atoms with Gasteiger partial charge in [-0.3, -0.25) is 4.79 Å². The summed E-state index contributed by atoms with van der Waals surface area (Å²) < 4.78 is 5.43. The minimum Gasteiger partial charge on any atom is -0.496 e. The van der Waals surface area contributed by atoms with Gasteiger partial charge in [0.2, 0.25) is 5.91 Å². The zero-order valence-corrected chi connectivity index (χ0v) is 17.7. The number of carbonyl (C=O) groups is 1. The smallest absolute Gasteiger partial charge is 0.223 e. The van der Waals surface area contributed by atoms with E-state index in [2.05, 4.69) is 4.90 Å². The molecular formula is C24H30N2O4. The van der Waals surface area contributed by atoms with Crippen LogP contribution in [0.15, 0.2) is 42.5 Å². The third-order valence-corrected chi connectivity index (χ3v) is 6.49. The molecule has 1 saturated heterocycles. The van der Waals surface area contributed by atoms with Crippen LogP contribution in [0.1, 0.15) is 42.6 Å². The van der Waals surface area contributed by atoms with E-state index in [4.69, 9.17) is 4.74 Å². The summed E-state index contributed by atoms with van der Waals surface area (Å²) >= 11 is 0. The fourth-order valence-electron chi connectivity index (χ4n) is 4.71. The number of carbonyl (C=O) groups excluding carboxylic acids is 1. The number of methoxy groups -OCH3 is 1. The molecule has 160 valence electrons. The molecule has 2 N–H and O–H groups in total. The summed E-state index contributed by atoms with van der Waals surface area (Å²) in [4.78, 5) is 15.7. The summed E-state index contributed by atoms with van der Waals surface area (Å²) in [5.74, 6) is 0.768. The number of anilines is 1. The number of likely N-dealkylation sites (tertiary alicyclic amines) is 1. The number of ether oxygens (including phenoxy) is 1. The number of para-hydroxylation sites is 1. The molecule has 0 aromatic heterocycles. The Labute approximate surface area is 177 Å². The van der Waals surface area contributed by atoms with Gasteiger partial charge in [0, 0.05) is 44.4 Å². The number of hydrogen-bond donors (Lipinski definition) is 2. The van der Waals surface area contributed by atoms with Gasteiger partial charge in [-0.05, 0) is 42.5 Å². The van der Waals surface area contributed by atoms with Gasteiger partial charge in [0.05, 0.1) is 18.8 Å². The molecule has 0 spiro atoms. The van der Waals surface area contributed by atoms with Gasteiger partial charge in [0.25, 0.3) is 0 Å². The zero-order valence-electron chi connectivity index (χ0n) is 17.7. The Balaban J connectivity index is 1.39. The second kappa shape index (κ2) is 8.38. The summed E-state index contributed by atoms with van der Waals surface area (Å²) in [5, 5.41) is 22.0. The molecule has 2 heterocycles. The van der Waals surface area contributed by atoms with Crippen molar-refractivity contribution in [3.63, 3.8) is 0 Å². The van der Waals surface area contributed by atoms with Gasteiger partial charge in [-0.15, -0.1) is 0 Å². The van der Waals surface area contributed by atoms with E-state index in [1.165, 1.54) is 0 Å². The number of aliphatic hydroxyl groups excluding tert-OH is 1. The second-order valence-corrected chi connectivity index (χ2v) is 8.36. The van der Waals surface area contributed by atoms with E-state index in [1.54, 1.807) is 18.9 Å². The highest BCUT2D eigenvalue weighted by Crippen LogP contribution is 2.38. The van der Waals surface area contributed by atoms with E-state index in [-0.39, 0.29) is 5.91 Å². The maximum Gasteiger partial charge on any atom is 0.223 e. The molecule has 30 heavy (non-hydrogen) atoms. The molecule has 2 aliphatic rings. The summed E-state index contributed by atoms with van der Waals surface area (Å²) in [7, 11) is 1.62. The lowest BCUT2D eigenvalue weighted by molar-refractivity contribution is -0.116. The van der Waals surface area contributed by atoms with Crippen molar-refractivity contribution in [1.29, 1.82) is 0 Å². The molecule has 6 heteroatoms. The standard InChI is InChI=1S/C24H30N2O4/c1-17(27)26-12-9-18-15-19(7-8-21(18)26)22(28)16-25-13-10-24(29,11-14-25)20-5-3-4-6-23(20)30-2/h3-8,15,22,28-29H,9-14,16H2,1-2H3. The van der Waals surface area contributed by atoms with E-state index in [0.29, 0.717) is 44.8 Å². The summed E-state index contributed by atoms with van der Waals surface area (Å²) in [6.45, 7) is 4.22. The van der Waals surface area contributed by atoms with Crippen molar-refractivity contribution in [2.75, 3.05) is 38.2 Å². The first-order valence-corrected chi connectivity index (χ1v) is 10.6. The third-order valence-electron chi connectivity index (χ3n) is 6.49. The summed E-state index contributed by atoms with van der Waals surface area (Å²) in [6, 6.07) is 13.5. The molecular weight excluding hydrogens is 380 g/mol. The minimum absolute atomic E-state index is 0.0536. The number of piperidine rings is 1.